The molecule has 13 heteroatoms. The number of nitrogens with zero attached hydrogens (tertiary/aromatic N) is 2. The van der Waals surface area contributed by atoms with Gasteiger partial charge in [-0.2, -0.15) is 0 Å². The van der Waals surface area contributed by atoms with E-state index < -0.39 is 42.7 Å². The fourth-order valence-corrected chi connectivity index (χ4v) is 3.21. The largest absolute Gasteiger partial charge is 0.465 e. The van der Waals surface area contributed by atoms with E-state index in [9.17, 15) is 34.2 Å². The van der Waals surface area contributed by atoms with Gasteiger partial charge in [0.05, 0.1) is 26.1 Å². The van der Waals surface area contributed by atoms with Crippen LogP contribution >= 0.6 is 0 Å². The van der Waals surface area contributed by atoms with E-state index in [4.69, 9.17) is 14.2 Å². The van der Waals surface area contributed by atoms with E-state index in [2.05, 4.69) is 5.32 Å². The Balaban J connectivity index is 1.94. The Morgan fingerprint density at radius 2 is 1.24 bits per heavy atom. The highest BCUT2D eigenvalue weighted by molar-refractivity contribution is 5.88. The zero-order valence-corrected chi connectivity index (χ0v) is 20.6. The van der Waals surface area contributed by atoms with Gasteiger partial charge in [-0.15, -0.1) is 0 Å². The minimum absolute atomic E-state index is 0.00715. The number of hydrogen-bond donors (Lipinski definition) is 3. The maximum Gasteiger partial charge on any atom is 0.411 e. The predicted molar refractivity (Wildman–Crippen MR) is 134 cm³/mol. The standard InChI is InChI=1S/C25H29N3O10/c1-2-36-23(31)26-20(22(30)38-16-14-28(25(34)35)19-11-7-4-8-12-19)17-21(29)37-15-13-27(24(32)33)18-9-5-3-6-10-18/h3-12,20H,2,13-17H2,1H3,(H,26,31)(H,32,33)(H,34,35). The fraction of sp³-hybridized carbons (Fsp3) is 0.320. The molecule has 0 saturated carbocycles. The molecule has 2 aromatic rings. The Morgan fingerprint density at radius 3 is 1.68 bits per heavy atom. The molecule has 1 atom stereocenters. The molecule has 13 nitrogen and oxygen atoms in total. The van der Waals surface area contributed by atoms with Crippen molar-refractivity contribution in [3.63, 3.8) is 0 Å². The van der Waals surface area contributed by atoms with Gasteiger partial charge < -0.3 is 29.7 Å². The minimum atomic E-state index is -1.48. The van der Waals surface area contributed by atoms with E-state index in [-0.39, 0.29) is 32.9 Å². The molecule has 38 heavy (non-hydrogen) atoms. The monoisotopic (exact) mass is 531 g/mol. The Labute approximate surface area is 218 Å². The van der Waals surface area contributed by atoms with E-state index in [0.717, 1.165) is 9.80 Å². The van der Waals surface area contributed by atoms with Crippen LogP contribution in [0.4, 0.5) is 25.8 Å². The summed E-state index contributed by atoms with van der Waals surface area (Å²) in [4.78, 5) is 61.9. The number of esters is 2. The number of alkyl carbamates (subject to hydrolysis) is 1. The van der Waals surface area contributed by atoms with Crippen LogP contribution in [0.5, 0.6) is 0 Å². The third-order valence-electron chi connectivity index (χ3n) is 4.96. The zero-order chi connectivity index (χ0) is 27.9. The van der Waals surface area contributed by atoms with E-state index in [0.29, 0.717) is 11.4 Å². The van der Waals surface area contributed by atoms with Crippen molar-refractivity contribution in [2.75, 3.05) is 42.7 Å². The van der Waals surface area contributed by atoms with Crippen LogP contribution in [0.15, 0.2) is 60.7 Å². The number of para-hydroxylation sites is 2. The van der Waals surface area contributed by atoms with Crippen LogP contribution in [0.2, 0.25) is 0 Å². The summed E-state index contributed by atoms with van der Waals surface area (Å²) in [5.41, 5.74) is 0.749. The topological polar surface area (TPSA) is 172 Å². The van der Waals surface area contributed by atoms with Crippen molar-refractivity contribution in [2.24, 2.45) is 0 Å². The molecule has 0 aliphatic carbocycles. The van der Waals surface area contributed by atoms with Crippen LogP contribution in [0.1, 0.15) is 13.3 Å². The Bertz CT molecular complexity index is 1080. The number of rotatable bonds is 13. The highest BCUT2D eigenvalue weighted by atomic mass is 16.6. The lowest BCUT2D eigenvalue weighted by atomic mass is 10.2. The van der Waals surface area contributed by atoms with E-state index in [1.807, 2.05) is 0 Å². The molecule has 0 heterocycles. The van der Waals surface area contributed by atoms with Gasteiger partial charge in [-0.05, 0) is 31.2 Å². The van der Waals surface area contributed by atoms with Crippen molar-refractivity contribution >= 4 is 41.6 Å². The lowest BCUT2D eigenvalue weighted by Crippen LogP contribution is -2.44. The summed E-state index contributed by atoms with van der Waals surface area (Å²) < 4.78 is 14.9. The molecular weight excluding hydrogens is 502 g/mol. The van der Waals surface area contributed by atoms with Gasteiger partial charge in [0.2, 0.25) is 0 Å². The third kappa shape index (κ3) is 9.68. The number of ether oxygens (including phenoxy) is 3. The lowest BCUT2D eigenvalue weighted by molar-refractivity contribution is -0.152. The molecule has 3 N–H and O–H groups in total. The van der Waals surface area contributed by atoms with Crippen LogP contribution < -0.4 is 15.1 Å². The van der Waals surface area contributed by atoms with Crippen LogP contribution in [0.25, 0.3) is 0 Å². The van der Waals surface area contributed by atoms with Gasteiger partial charge in [0, 0.05) is 11.4 Å². The Kier molecular flexibility index (Phi) is 11.9. The number of nitrogens with one attached hydrogen (secondary N) is 1. The van der Waals surface area contributed by atoms with Gasteiger partial charge in [0.1, 0.15) is 19.3 Å². The zero-order valence-electron chi connectivity index (χ0n) is 20.6. The summed E-state index contributed by atoms with van der Waals surface area (Å²) in [6.45, 7) is 0.508. The third-order valence-corrected chi connectivity index (χ3v) is 4.96. The van der Waals surface area contributed by atoms with Gasteiger partial charge in [-0.25, -0.2) is 19.2 Å². The molecule has 0 aliphatic heterocycles. The number of benzene rings is 2. The average molecular weight is 532 g/mol. The second-order valence-corrected chi connectivity index (χ2v) is 7.55. The fourth-order valence-electron chi connectivity index (χ4n) is 3.21. The molecule has 0 fully saturated rings. The predicted octanol–water partition coefficient (Wildman–Crippen LogP) is 2.95. The number of hydrogen-bond acceptors (Lipinski definition) is 8. The molecule has 0 aromatic heterocycles. The molecule has 204 valence electrons. The van der Waals surface area contributed by atoms with Crippen molar-refractivity contribution in [1.29, 1.82) is 0 Å². The highest BCUT2D eigenvalue weighted by Gasteiger charge is 2.27. The van der Waals surface area contributed by atoms with Crippen LogP contribution in [-0.4, -0.2) is 79.4 Å². The SMILES string of the molecule is CCOC(=O)NC(CC(=O)OCCN(C(=O)O)c1ccccc1)C(=O)OCCN(C(=O)O)c1ccccc1. The summed E-state index contributed by atoms with van der Waals surface area (Å²) in [5.74, 6) is -1.91. The van der Waals surface area contributed by atoms with Crippen molar-refractivity contribution in [1.82, 2.24) is 5.32 Å². The van der Waals surface area contributed by atoms with E-state index in [1.165, 1.54) is 0 Å². The summed E-state index contributed by atoms with van der Waals surface area (Å²) in [6.07, 6.45) is -4.11. The summed E-state index contributed by atoms with van der Waals surface area (Å²) in [7, 11) is 0. The van der Waals surface area contributed by atoms with E-state index in [1.54, 1.807) is 67.6 Å². The minimum Gasteiger partial charge on any atom is -0.465 e. The van der Waals surface area contributed by atoms with Crippen LogP contribution in [0, 0.1) is 0 Å². The molecule has 0 saturated heterocycles. The normalized spacial score (nSPS) is 11.0. The number of carbonyl (C=O) groups excluding carboxylic acids is 3. The van der Waals surface area contributed by atoms with Gasteiger partial charge in [0.15, 0.2) is 0 Å². The van der Waals surface area contributed by atoms with Crippen LogP contribution in [-0.2, 0) is 23.8 Å². The maximum atomic E-state index is 12.6. The summed E-state index contributed by atoms with van der Waals surface area (Å²) in [6, 6.07) is 14.9. The first-order chi connectivity index (χ1) is 18.2. The number of amides is 3. The molecule has 3 amide bonds. The molecule has 0 aliphatic rings. The summed E-state index contributed by atoms with van der Waals surface area (Å²) >= 11 is 0. The first-order valence-corrected chi connectivity index (χ1v) is 11.6. The lowest BCUT2D eigenvalue weighted by Gasteiger charge is -2.21. The second-order valence-electron chi connectivity index (χ2n) is 7.55. The van der Waals surface area contributed by atoms with Crippen LogP contribution in [0.3, 0.4) is 0 Å². The molecule has 1 unspecified atom stereocenters. The number of anilines is 2. The molecule has 0 radical (unpaired) electrons. The van der Waals surface area contributed by atoms with Gasteiger partial charge in [0.25, 0.3) is 0 Å². The van der Waals surface area contributed by atoms with Crippen molar-refractivity contribution in [2.45, 2.75) is 19.4 Å². The van der Waals surface area contributed by atoms with Gasteiger partial charge >= 0.3 is 30.2 Å². The number of carboxylic acid groups (broad SMARTS) is 2. The van der Waals surface area contributed by atoms with Crippen molar-refractivity contribution in [3.8, 4) is 0 Å². The Morgan fingerprint density at radius 1 is 0.763 bits per heavy atom. The van der Waals surface area contributed by atoms with Gasteiger partial charge in [-0.3, -0.25) is 14.6 Å². The first-order valence-electron chi connectivity index (χ1n) is 11.6. The molecular formula is C25H29N3O10. The smallest absolute Gasteiger partial charge is 0.411 e. The molecule has 2 aromatic carbocycles. The summed E-state index contributed by atoms with van der Waals surface area (Å²) in [5, 5.41) is 21.1. The second kappa shape index (κ2) is 15.3. The van der Waals surface area contributed by atoms with Gasteiger partial charge in [-0.1, -0.05) is 36.4 Å². The van der Waals surface area contributed by atoms with E-state index >= 15 is 0 Å². The van der Waals surface area contributed by atoms with Crippen molar-refractivity contribution < 1.29 is 48.4 Å². The average Bonchev–Trinajstić information content (AvgIpc) is 2.89. The quantitative estimate of drug-likeness (QED) is 0.258. The molecule has 2 rings (SSSR count). The number of carbonyl (C=O) groups is 5. The Hall–Kier alpha value is -4.81. The molecule has 0 spiro atoms. The van der Waals surface area contributed by atoms with Crippen molar-refractivity contribution in [3.05, 3.63) is 60.7 Å². The maximum absolute atomic E-state index is 12.6. The first kappa shape index (κ1) is 29.4. The molecule has 0 bridgehead atoms. The highest BCUT2D eigenvalue weighted by Crippen LogP contribution is 2.14.